The molecule has 5 nitrogen and oxygen atoms in total. The van der Waals surface area contributed by atoms with Crippen molar-refractivity contribution in [2.75, 3.05) is 12.8 Å². The Morgan fingerprint density at radius 2 is 2.05 bits per heavy atom. The van der Waals surface area contributed by atoms with E-state index in [0.717, 1.165) is 16.9 Å². The summed E-state index contributed by atoms with van der Waals surface area (Å²) in [4.78, 5) is 8.32. The van der Waals surface area contributed by atoms with E-state index in [-0.39, 0.29) is 0 Å². The van der Waals surface area contributed by atoms with Crippen LogP contribution in [0.3, 0.4) is 0 Å². The second-order valence-electron chi connectivity index (χ2n) is 4.43. The van der Waals surface area contributed by atoms with E-state index in [4.69, 9.17) is 22.1 Å². The molecule has 2 N–H and O–H groups in total. The Balaban J connectivity index is 2.14. The highest BCUT2D eigenvalue weighted by Gasteiger charge is 2.11. The van der Waals surface area contributed by atoms with Crippen molar-refractivity contribution in [3.05, 3.63) is 54.2 Å². The minimum absolute atomic E-state index is 0.559. The van der Waals surface area contributed by atoms with E-state index in [0.29, 0.717) is 16.5 Å². The second-order valence-corrected chi connectivity index (χ2v) is 4.84. The van der Waals surface area contributed by atoms with Crippen LogP contribution in [0.25, 0.3) is 16.9 Å². The van der Waals surface area contributed by atoms with Gasteiger partial charge in [-0.15, -0.1) is 0 Å². The van der Waals surface area contributed by atoms with Crippen molar-refractivity contribution in [3.8, 4) is 22.7 Å². The number of methoxy groups -OCH3 is 1. The van der Waals surface area contributed by atoms with Gasteiger partial charge in [0.1, 0.15) is 5.75 Å². The van der Waals surface area contributed by atoms with E-state index >= 15 is 0 Å². The predicted octanol–water partition coefficient (Wildman–Crippen LogP) is 3.18. The summed E-state index contributed by atoms with van der Waals surface area (Å²) in [7, 11) is 1.58. The van der Waals surface area contributed by atoms with Crippen molar-refractivity contribution in [2.45, 2.75) is 0 Å². The summed E-state index contributed by atoms with van der Waals surface area (Å²) in [6, 6.07) is 7.28. The molecule has 0 atom stereocenters. The molecule has 0 bridgehead atoms. The average molecular weight is 301 g/mol. The summed E-state index contributed by atoms with van der Waals surface area (Å²) < 4.78 is 7.16. The maximum absolute atomic E-state index is 6.06. The minimum Gasteiger partial charge on any atom is -0.495 e. The lowest BCUT2D eigenvalue weighted by Gasteiger charge is -2.11. The van der Waals surface area contributed by atoms with Gasteiger partial charge in [-0.3, -0.25) is 9.55 Å². The summed E-state index contributed by atoms with van der Waals surface area (Å²) >= 11 is 6.06. The minimum atomic E-state index is 0.559. The molecule has 0 aliphatic carbocycles. The first-order chi connectivity index (χ1) is 10.2. The van der Waals surface area contributed by atoms with E-state index in [1.54, 1.807) is 44.2 Å². The largest absolute Gasteiger partial charge is 0.495 e. The Bertz CT molecular complexity index is 785. The molecule has 1 aromatic carbocycles. The van der Waals surface area contributed by atoms with Crippen LogP contribution in [0, 0.1) is 0 Å². The van der Waals surface area contributed by atoms with Crippen molar-refractivity contribution in [1.29, 1.82) is 0 Å². The molecule has 3 rings (SSSR count). The molecule has 0 radical (unpaired) electrons. The number of ether oxygens (including phenoxy) is 1. The molecule has 0 saturated heterocycles. The number of hydrogen-bond donors (Lipinski definition) is 1. The molecule has 0 amide bonds. The van der Waals surface area contributed by atoms with E-state index in [1.165, 1.54) is 0 Å². The van der Waals surface area contributed by atoms with Crippen molar-refractivity contribution in [2.24, 2.45) is 0 Å². The van der Waals surface area contributed by atoms with Gasteiger partial charge in [-0.25, -0.2) is 4.98 Å². The van der Waals surface area contributed by atoms with Crippen LogP contribution in [0.4, 0.5) is 5.69 Å². The number of aromatic nitrogens is 3. The summed E-state index contributed by atoms with van der Waals surface area (Å²) in [5, 5.41) is 0.559. The topological polar surface area (TPSA) is 66.0 Å². The third-order valence-electron chi connectivity index (χ3n) is 3.18. The van der Waals surface area contributed by atoms with Crippen LogP contribution in [0.1, 0.15) is 0 Å². The fourth-order valence-corrected chi connectivity index (χ4v) is 2.31. The van der Waals surface area contributed by atoms with Gasteiger partial charge in [0.2, 0.25) is 0 Å². The molecule has 0 unspecified atom stereocenters. The molecule has 21 heavy (non-hydrogen) atoms. The van der Waals surface area contributed by atoms with Crippen molar-refractivity contribution < 1.29 is 4.74 Å². The van der Waals surface area contributed by atoms with Gasteiger partial charge in [-0.2, -0.15) is 0 Å². The molecule has 0 aliphatic heterocycles. The molecular weight excluding hydrogens is 288 g/mol. The fraction of sp³-hybridized carbons (Fsp3) is 0.0667. The number of nitrogens with zero attached hydrogens (tertiary/aromatic N) is 3. The zero-order valence-corrected chi connectivity index (χ0v) is 12.1. The van der Waals surface area contributed by atoms with Gasteiger partial charge in [0, 0.05) is 29.7 Å². The van der Waals surface area contributed by atoms with Crippen molar-refractivity contribution in [3.63, 3.8) is 0 Å². The lowest BCUT2D eigenvalue weighted by atomic mass is 10.2. The number of hydrogen-bond acceptors (Lipinski definition) is 4. The van der Waals surface area contributed by atoms with E-state index in [9.17, 15) is 0 Å². The number of imidazole rings is 1. The molecular formula is C15H13ClN4O. The number of benzene rings is 1. The lowest BCUT2D eigenvalue weighted by molar-refractivity contribution is 0.415. The Morgan fingerprint density at radius 3 is 2.81 bits per heavy atom. The quantitative estimate of drug-likeness (QED) is 0.807. The van der Waals surface area contributed by atoms with Gasteiger partial charge in [0.25, 0.3) is 0 Å². The first-order valence-electron chi connectivity index (χ1n) is 6.27. The van der Waals surface area contributed by atoms with Gasteiger partial charge in [0.05, 0.1) is 36.0 Å². The molecule has 2 aromatic heterocycles. The lowest BCUT2D eigenvalue weighted by Crippen LogP contribution is -1.99. The zero-order chi connectivity index (χ0) is 14.8. The molecule has 0 fully saturated rings. The maximum atomic E-state index is 6.06. The fourth-order valence-electron chi connectivity index (χ4n) is 2.12. The normalized spacial score (nSPS) is 10.6. The summed E-state index contributed by atoms with van der Waals surface area (Å²) in [5.74, 6) is 0.605. The number of nitrogens with two attached hydrogens (primary N) is 1. The SMILES string of the molecule is COc1cc(-n2cncc2-c2cnccc2N)ccc1Cl. The van der Waals surface area contributed by atoms with Crippen LogP contribution >= 0.6 is 11.6 Å². The van der Waals surface area contributed by atoms with Gasteiger partial charge >= 0.3 is 0 Å². The monoisotopic (exact) mass is 300 g/mol. The van der Waals surface area contributed by atoms with Crippen LogP contribution in [0.15, 0.2) is 49.2 Å². The van der Waals surface area contributed by atoms with Crippen LogP contribution in [-0.2, 0) is 0 Å². The molecule has 0 aliphatic rings. The molecule has 2 heterocycles. The van der Waals surface area contributed by atoms with E-state index < -0.39 is 0 Å². The number of nitrogen functional groups attached to an aromatic ring is 1. The summed E-state index contributed by atoms with van der Waals surface area (Å²) in [6.07, 6.45) is 6.83. The van der Waals surface area contributed by atoms with Crippen molar-refractivity contribution in [1.82, 2.24) is 14.5 Å². The standard InChI is InChI=1S/C15H13ClN4O/c1-21-15-6-10(2-3-12(15)16)20-9-19-8-14(20)11-7-18-5-4-13(11)17/h2-9H,1H3,(H2,17,18). The van der Waals surface area contributed by atoms with Gasteiger partial charge in [-0.1, -0.05) is 11.6 Å². The zero-order valence-electron chi connectivity index (χ0n) is 11.3. The number of halogens is 1. The second kappa shape index (κ2) is 5.46. The third-order valence-corrected chi connectivity index (χ3v) is 3.49. The third kappa shape index (κ3) is 2.43. The van der Waals surface area contributed by atoms with Gasteiger partial charge in [0.15, 0.2) is 0 Å². The average Bonchev–Trinajstić information content (AvgIpc) is 2.97. The predicted molar refractivity (Wildman–Crippen MR) is 82.8 cm³/mol. The Kier molecular flexibility index (Phi) is 3.50. The molecule has 0 spiro atoms. The highest BCUT2D eigenvalue weighted by atomic mass is 35.5. The van der Waals surface area contributed by atoms with E-state index in [1.807, 2.05) is 16.7 Å². The number of rotatable bonds is 3. The summed E-state index contributed by atoms with van der Waals surface area (Å²) in [6.45, 7) is 0. The smallest absolute Gasteiger partial charge is 0.139 e. The first kappa shape index (κ1) is 13.5. The highest BCUT2D eigenvalue weighted by molar-refractivity contribution is 6.32. The summed E-state index contributed by atoms with van der Waals surface area (Å²) in [5.41, 5.74) is 9.21. The van der Waals surface area contributed by atoms with E-state index in [2.05, 4.69) is 9.97 Å². The number of pyridine rings is 1. The number of anilines is 1. The molecule has 3 aromatic rings. The molecule has 106 valence electrons. The molecule has 6 heteroatoms. The highest BCUT2D eigenvalue weighted by Crippen LogP contribution is 2.30. The maximum Gasteiger partial charge on any atom is 0.139 e. The first-order valence-corrected chi connectivity index (χ1v) is 6.64. The van der Waals surface area contributed by atoms with Crippen LogP contribution in [0.2, 0.25) is 5.02 Å². The Hall–Kier alpha value is -2.53. The Labute approximate surface area is 127 Å². The van der Waals surface area contributed by atoms with Crippen LogP contribution in [-0.4, -0.2) is 21.6 Å². The van der Waals surface area contributed by atoms with Gasteiger partial charge in [-0.05, 0) is 18.2 Å². The molecule has 0 saturated carbocycles. The van der Waals surface area contributed by atoms with Crippen LogP contribution < -0.4 is 10.5 Å². The van der Waals surface area contributed by atoms with Crippen molar-refractivity contribution >= 4 is 17.3 Å². The Morgan fingerprint density at radius 1 is 1.19 bits per heavy atom. The van der Waals surface area contributed by atoms with Crippen LogP contribution in [0.5, 0.6) is 5.75 Å². The van der Waals surface area contributed by atoms with Gasteiger partial charge < -0.3 is 10.5 Å².